The Hall–Kier alpha value is -1.10. The molecule has 3 N–H and O–H groups in total. The standard InChI is InChI=1S/C15H26N2O3/c1-11(2)15(6-7-16-10-15)13(20)17-9-14(4-3-5-14)8-12(18)19/h11,16H,3-10H2,1-2H3,(H,17,20)(H,18,19). The van der Waals surface area contributed by atoms with Gasteiger partial charge in [0.15, 0.2) is 0 Å². The molecule has 1 heterocycles. The van der Waals surface area contributed by atoms with Crippen LogP contribution in [-0.4, -0.2) is 36.6 Å². The summed E-state index contributed by atoms with van der Waals surface area (Å²) in [4.78, 5) is 23.5. The Kier molecular flexibility index (Phi) is 4.37. The van der Waals surface area contributed by atoms with E-state index in [2.05, 4.69) is 24.5 Å². The molecule has 1 atom stereocenters. The minimum absolute atomic E-state index is 0.0918. The van der Waals surface area contributed by atoms with Gasteiger partial charge in [0.05, 0.1) is 11.8 Å². The van der Waals surface area contributed by atoms with Crippen molar-refractivity contribution in [3.05, 3.63) is 0 Å². The Morgan fingerprint density at radius 2 is 2.00 bits per heavy atom. The summed E-state index contributed by atoms with van der Waals surface area (Å²) in [5.41, 5.74) is -0.528. The van der Waals surface area contributed by atoms with Crippen LogP contribution < -0.4 is 10.6 Å². The van der Waals surface area contributed by atoms with Crippen molar-refractivity contribution in [2.75, 3.05) is 19.6 Å². The zero-order valence-corrected chi connectivity index (χ0v) is 12.5. The van der Waals surface area contributed by atoms with E-state index in [1.807, 2.05) is 0 Å². The summed E-state index contributed by atoms with van der Waals surface area (Å²) < 4.78 is 0. The molecular formula is C15H26N2O3. The van der Waals surface area contributed by atoms with Gasteiger partial charge in [-0.2, -0.15) is 0 Å². The minimum Gasteiger partial charge on any atom is -0.481 e. The Morgan fingerprint density at radius 3 is 2.40 bits per heavy atom. The van der Waals surface area contributed by atoms with Crippen molar-refractivity contribution in [2.24, 2.45) is 16.7 Å². The molecule has 2 rings (SSSR count). The Labute approximate surface area is 120 Å². The van der Waals surface area contributed by atoms with Crippen LogP contribution in [0.4, 0.5) is 0 Å². The lowest BCUT2D eigenvalue weighted by Crippen LogP contribution is -2.51. The van der Waals surface area contributed by atoms with Gasteiger partial charge in [-0.05, 0) is 37.1 Å². The van der Waals surface area contributed by atoms with Crippen molar-refractivity contribution in [1.29, 1.82) is 0 Å². The molecule has 1 unspecified atom stereocenters. The van der Waals surface area contributed by atoms with Crippen molar-refractivity contribution in [3.63, 3.8) is 0 Å². The van der Waals surface area contributed by atoms with Crippen molar-refractivity contribution in [3.8, 4) is 0 Å². The van der Waals surface area contributed by atoms with Gasteiger partial charge in [-0.1, -0.05) is 20.3 Å². The number of amides is 1. The van der Waals surface area contributed by atoms with Crippen LogP contribution in [0.15, 0.2) is 0 Å². The fourth-order valence-corrected chi connectivity index (χ4v) is 3.52. The molecule has 0 spiro atoms. The Balaban J connectivity index is 1.95. The molecule has 1 aliphatic carbocycles. The lowest BCUT2D eigenvalue weighted by Gasteiger charge is -2.42. The molecular weight excluding hydrogens is 256 g/mol. The molecule has 2 fully saturated rings. The molecule has 1 saturated heterocycles. The number of rotatable bonds is 6. The largest absolute Gasteiger partial charge is 0.481 e. The second-order valence-corrected chi connectivity index (χ2v) is 6.84. The molecule has 1 amide bonds. The first-order valence-electron chi connectivity index (χ1n) is 7.61. The number of carbonyl (C=O) groups excluding carboxylic acids is 1. The maximum Gasteiger partial charge on any atom is 0.303 e. The molecule has 5 nitrogen and oxygen atoms in total. The van der Waals surface area contributed by atoms with Gasteiger partial charge < -0.3 is 15.7 Å². The highest BCUT2D eigenvalue weighted by molar-refractivity contribution is 5.83. The van der Waals surface area contributed by atoms with E-state index in [9.17, 15) is 9.59 Å². The number of carbonyl (C=O) groups is 2. The van der Waals surface area contributed by atoms with Gasteiger partial charge in [0, 0.05) is 13.1 Å². The van der Waals surface area contributed by atoms with E-state index in [4.69, 9.17) is 5.11 Å². The molecule has 0 bridgehead atoms. The van der Waals surface area contributed by atoms with E-state index in [0.717, 1.165) is 38.8 Å². The number of hydrogen-bond donors (Lipinski definition) is 3. The maximum absolute atomic E-state index is 12.6. The van der Waals surface area contributed by atoms with Crippen molar-refractivity contribution < 1.29 is 14.7 Å². The van der Waals surface area contributed by atoms with Crippen molar-refractivity contribution >= 4 is 11.9 Å². The number of hydrogen-bond acceptors (Lipinski definition) is 3. The van der Waals surface area contributed by atoms with E-state index in [1.54, 1.807) is 0 Å². The van der Waals surface area contributed by atoms with E-state index < -0.39 is 5.97 Å². The van der Waals surface area contributed by atoms with Gasteiger partial charge in [0.1, 0.15) is 0 Å². The molecule has 114 valence electrons. The summed E-state index contributed by atoms with van der Waals surface area (Å²) in [7, 11) is 0. The summed E-state index contributed by atoms with van der Waals surface area (Å²) in [6, 6.07) is 0. The molecule has 0 aromatic carbocycles. The van der Waals surface area contributed by atoms with Crippen LogP contribution in [0.2, 0.25) is 0 Å². The smallest absolute Gasteiger partial charge is 0.303 e. The summed E-state index contributed by atoms with van der Waals surface area (Å²) >= 11 is 0. The van der Waals surface area contributed by atoms with Crippen LogP contribution >= 0.6 is 0 Å². The van der Waals surface area contributed by atoms with E-state index in [0.29, 0.717) is 6.54 Å². The molecule has 0 aromatic heterocycles. The molecule has 0 radical (unpaired) electrons. The van der Waals surface area contributed by atoms with Crippen molar-refractivity contribution in [1.82, 2.24) is 10.6 Å². The van der Waals surface area contributed by atoms with Gasteiger partial charge in [-0.25, -0.2) is 0 Å². The highest BCUT2D eigenvalue weighted by Gasteiger charge is 2.45. The molecule has 2 aliphatic rings. The van der Waals surface area contributed by atoms with Crippen LogP contribution in [0.25, 0.3) is 0 Å². The molecule has 1 saturated carbocycles. The number of carboxylic acids is 1. The number of aliphatic carboxylic acids is 1. The maximum atomic E-state index is 12.6. The van der Waals surface area contributed by atoms with Gasteiger partial charge in [-0.3, -0.25) is 9.59 Å². The first-order valence-corrected chi connectivity index (χ1v) is 7.61. The molecule has 0 aromatic rings. The Bertz CT molecular complexity index is 383. The normalized spacial score (nSPS) is 28.1. The fraction of sp³-hybridized carbons (Fsp3) is 0.867. The number of carboxylic acid groups (broad SMARTS) is 1. The first-order chi connectivity index (χ1) is 9.40. The third-order valence-corrected chi connectivity index (χ3v) is 5.31. The van der Waals surface area contributed by atoms with E-state index in [-0.39, 0.29) is 29.1 Å². The summed E-state index contributed by atoms with van der Waals surface area (Å²) in [5.74, 6) is -0.386. The van der Waals surface area contributed by atoms with Gasteiger partial charge in [0.25, 0.3) is 0 Å². The highest BCUT2D eigenvalue weighted by Crippen LogP contribution is 2.44. The summed E-state index contributed by atoms with van der Waals surface area (Å²) in [5, 5.41) is 15.3. The lowest BCUT2D eigenvalue weighted by atomic mass is 9.66. The van der Waals surface area contributed by atoms with Crippen LogP contribution in [0.3, 0.4) is 0 Å². The van der Waals surface area contributed by atoms with Crippen LogP contribution in [-0.2, 0) is 9.59 Å². The molecule has 5 heteroatoms. The summed E-state index contributed by atoms with van der Waals surface area (Å²) in [6.07, 6.45) is 3.92. The van der Waals surface area contributed by atoms with Crippen molar-refractivity contribution in [2.45, 2.75) is 46.0 Å². The zero-order chi connectivity index (χ0) is 14.8. The first kappa shape index (κ1) is 15.3. The third-order valence-electron chi connectivity index (χ3n) is 5.31. The average Bonchev–Trinajstić information content (AvgIpc) is 2.82. The average molecular weight is 282 g/mol. The van der Waals surface area contributed by atoms with E-state index >= 15 is 0 Å². The second kappa shape index (κ2) is 5.72. The monoisotopic (exact) mass is 282 g/mol. The van der Waals surface area contributed by atoms with Gasteiger partial charge in [-0.15, -0.1) is 0 Å². The van der Waals surface area contributed by atoms with Gasteiger partial charge >= 0.3 is 5.97 Å². The summed E-state index contributed by atoms with van der Waals surface area (Å²) in [6.45, 7) is 6.28. The predicted octanol–water partition coefficient (Wildman–Crippen LogP) is 1.38. The fourth-order valence-electron chi connectivity index (χ4n) is 3.52. The SMILES string of the molecule is CC(C)C1(C(=O)NCC2(CC(=O)O)CCC2)CCNC1. The second-order valence-electron chi connectivity index (χ2n) is 6.84. The zero-order valence-electron chi connectivity index (χ0n) is 12.5. The van der Waals surface area contributed by atoms with E-state index in [1.165, 1.54) is 0 Å². The van der Waals surface area contributed by atoms with Crippen LogP contribution in [0.1, 0.15) is 46.0 Å². The lowest BCUT2D eigenvalue weighted by molar-refractivity contribution is -0.142. The third kappa shape index (κ3) is 2.82. The molecule has 20 heavy (non-hydrogen) atoms. The quantitative estimate of drug-likeness (QED) is 0.688. The predicted molar refractivity (Wildman–Crippen MR) is 76.3 cm³/mol. The van der Waals surface area contributed by atoms with Gasteiger partial charge in [0.2, 0.25) is 5.91 Å². The highest BCUT2D eigenvalue weighted by atomic mass is 16.4. The van der Waals surface area contributed by atoms with Crippen LogP contribution in [0, 0.1) is 16.7 Å². The van der Waals surface area contributed by atoms with Crippen LogP contribution in [0.5, 0.6) is 0 Å². The number of nitrogens with one attached hydrogen (secondary N) is 2. The molecule has 1 aliphatic heterocycles. The minimum atomic E-state index is -0.764. The Morgan fingerprint density at radius 1 is 1.30 bits per heavy atom. The topological polar surface area (TPSA) is 78.4 Å².